The van der Waals surface area contributed by atoms with Crippen molar-refractivity contribution in [3.05, 3.63) is 70.2 Å². The van der Waals surface area contributed by atoms with Crippen molar-refractivity contribution in [3.63, 3.8) is 0 Å². The van der Waals surface area contributed by atoms with Crippen LogP contribution in [0, 0.1) is 0 Å². The zero-order valence-electron chi connectivity index (χ0n) is 16.3. The van der Waals surface area contributed by atoms with E-state index in [1.54, 1.807) is 33.7 Å². The fourth-order valence-electron chi connectivity index (χ4n) is 3.63. The standard InChI is InChI=1S/C22H22ClN3O3S/c23-18-7-3-15(4-8-18)9-10-24-21(28)17-5-1-16(2-6-17)11-25-12-20(27)26-14-30-13-19(26)22(25)29/h1-8,19H,9-14H2,(H,24,28). The monoisotopic (exact) mass is 443 g/mol. The number of hydrogen-bond donors (Lipinski definition) is 1. The number of rotatable bonds is 6. The van der Waals surface area contributed by atoms with Gasteiger partial charge in [-0.3, -0.25) is 14.4 Å². The maximum absolute atomic E-state index is 12.6. The minimum absolute atomic E-state index is 0.00119. The Morgan fingerprint density at radius 2 is 1.77 bits per heavy atom. The first-order chi connectivity index (χ1) is 14.5. The Bertz CT molecular complexity index is 949. The van der Waals surface area contributed by atoms with E-state index in [0.29, 0.717) is 35.3 Å². The summed E-state index contributed by atoms with van der Waals surface area (Å²) in [7, 11) is 0. The molecule has 8 heteroatoms. The molecule has 1 unspecified atom stereocenters. The van der Waals surface area contributed by atoms with Crippen molar-refractivity contribution in [1.29, 1.82) is 0 Å². The normalized spacial score (nSPS) is 18.5. The lowest BCUT2D eigenvalue weighted by Gasteiger charge is -2.35. The second kappa shape index (κ2) is 9.10. The van der Waals surface area contributed by atoms with Crippen LogP contribution in [-0.4, -0.2) is 58.3 Å². The van der Waals surface area contributed by atoms with Crippen LogP contribution in [0.25, 0.3) is 0 Å². The fraction of sp³-hybridized carbons (Fsp3) is 0.318. The molecule has 2 aliphatic rings. The Morgan fingerprint density at radius 3 is 2.50 bits per heavy atom. The zero-order chi connectivity index (χ0) is 21.1. The minimum atomic E-state index is -0.332. The Labute approximate surface area is 184 Å². The topological polar surface area (TPSA) is 69.7 Å². The highest BCUT2D eigenvalue weighted by Crippen LogP contribution is 2.26. The van der Waals surface area contributed by atoms with E-state index in [-0.39, 0.29) is 30.3 Å². The summed E-state index contributed by atoms with van der Waals surface area (Å²) in [6, 6.07) is 14.4. The number of nitrogens with one attached hydrogen (secondary N) is 1. The summed E-state index contributed by atoms with van der Waals surface area (Å²) in [6.07, 6.45) is 0.725. The van der Waals surface area contributed by atoms with Gasteiger partial charge < -0.3 is 15.1 Å². The number of halogens is 1. The lowest BCUT2D eigenvalue weighted by Crippen LogP contribution is -2.57. The maximum Gasteiger partial charge on any atom is 0.251 e. The quantitative estimate of drug-likeness (QED) is 0.745. The van der Waals surface area contributed by atoms with Gasteiger partial charge in [-0.2, -0.15) is 0 Å². The Kier molecular flexibility index (Phi) is 6.29. The van der Waals surface area contributed by atoms with Gasteiger partial charge >= 0.3 is 0 Å². The van der Waals surface area contributed by atoms with Crippen molar-refractivity contribution in [3.8, 4) is 0 Å². The van der Waals surface area contributed by atoms with Crippen molar-refractivity contribution in [2.75, 3.05) is 24.7 Å². The molecule has 1 atom stereocenters. The summed E-state index contributed by atoms with van der Waals surface area (Å²) in [5.41, 5.74) is 2.57. The van der Waals surface area contributed by atoms with Crippen LogP contribution in [0.15, 0.2) is 48.5 Å². The van der Waals surface area contributed by atoms with Crippen LogP contribution in [0.1, 0.15) is 21.5 Å². The van der Waals surface area contributed by atoms with E-state index in [0.717, 1.165) is 17.5 Å². The molecule has 0 aliphatic carbocycles. The van der Waals surface area contributed by atoms with Crippen molar-refractivity contribution in [1.82, 2.24) is 15.1 Å². The second-order valence-corrected chi connectivity index (χ2v) is 8.84. The first-order valence-corrected chi connectivity index (χ1v) is 11.3. The van der Waals surface area contributed by atoms with Crippen LogP contribution >= 0.6 is 23.4 Å². The van der Waals surface area contributed by atoms with E-state index in [1.165, 1.54) is 0 Å². The van der Waals surface area contributed by atoms with Gasteiger partial charge in [0.2, 0.25) is 11.8 Å². The molecule has 0 spiro atoms. The van der Waals surface area contributed by atoms with Crippen LogP contribution in [0.5, 0.6) is 0 Å². The highest BCUT2D eigenvalue weighted by Gasteiger charge is 2.42. The van der Waals surface area contributed by atoms with Gasteiger partial charge in [0.05, 0.1) is 5.88 Å². The zero-order valence-corrected chi connectivity index (χ0v) is 17.9. The molecule has 6 nitrogen and oxygen atoms in total. The Balaban J connectivity index is 1.30. The molecule has 2 fully saturated rings. The molecule has 2 heterocycles. The highest BCUT2D eigenvalue weighted by atomic mass is 35.5. The molecule has 0 radical (unpaired) electrons. The Hall–Kier alpha value is -2.51. The summed E-state index contributed by atoms with van der Waals surface area (Å²) in [4.78, 5) is 40.5. The number of amides is 3. The van der Waals surface area contributed by atoms with Gasteiger partial charge in [-0.15, -0.1) is 11.8 Å². The number of carbonyl (C=O) groups is 3. The van der Waals surface area contributed by atoms with E-state index in [4.69, 9.17) is 11.6 Å². The number of benzene rings is 2. The van der Waals surface area contributed by atoms with E-state index in [2.05, 4.69) is 5.32 Å². The van der Waals surface area contributed by atoms with Crippen molar-refractivity contribution in [2.24, 2.45) is 0 Å². The summed E-state index contributed by atoms with van der Waals surface area (Å²) >= 11 is 7.49. The third kappa shape index (κ3) is 4.63. The molecule has 1 N–H and O–H groups in total. The molecule has 0 aromatic heterocycles. The van der Waals surface area contributed by atoms with Gasteiger partial charge in [0.1, 0.15) is 12.6 Å². The molecule has 0 bridgehead atoms. The minimum Gasteiger partial charge on any atom is -0.352 e. The highest BCUT2D eigenvalue weighted by molar-refractivity contribution is 7.99. The molecule has 30 heavy (non-hydrogen) atoms. The first kappa shape index (κ1) is 20.8. The van der Waals surface area contributed by atoms with Gasteiger partial charge in [-0.25, -0.2) is 0 Å². The maximum atomic E-state index is 12.6. The molecule has 2 aliphatic heterocycles. The number of piperazine rings is 1. The molecule has 0 saturated carbocycles. The van der Waals surface area contributed by atoms with E-state index in [9.17, 15) is 14.4 Å². The predicted octanol–water partition coefficient (Wildman–Crippen LogP) is 2.56. The third-order valence-electron chi connectivity index (χ3n) is 5.33. The van der Waals surface area contributed by atoms with Gasteiger partial charge in [0.25, 0.3) is 5.91 Å². The van der Waals surface area contributed by atoms with Crippen molar-refractivity contribution >= 4 is 41.1 Å². The van der Waals surface area contributed by atoms with Crippen LogP contribution < -0.4 is 5.32 Å². The summed E-state index contributed by atoms with van der Waals surface area (Å²) < 4.78 is 0. The summed E-state index contributed by atoms with van der Waals surface area (Å²) in [5, 5.41) is 3.60. The number of hydrogen-bond acceptors (Lipinski definition) is 4. The molecule has 4 rings (SSSR count). The molecule has 2 saturated heterocycles. The average Bonchev–Trinajstić information content (AvgIpc) is 3.25. The van der Waals surface area contributed by atoms with Gasteiger partial charge in [0, 0.05) is 29.4 Å². The lowest BCUT2D eigenvalue weighted by atomic mass is 10.1. The van der Waals surface area contributed by atoms with Crippen LogP contribution in [-0.2, 0) is 22.6 Å². The molecular weight excluding hydrogens is 422 g/mol. The van der Waals surface area contributed by atoms with Crippen LogP contribution in [0.4, 0.5) is 0 Å². The number of thioether (sulfide) groups is 1. The molecule has 3 amide bonds. The smallest absolute Gasteiger partial charge is 0.251 e. The van der Waals surface area contributed by atoms with E-state index in [1.807, 2.05) is 36.4 Å². The van der Waals surface area contributed by atoms with Crippen LogP contribution in [0.3, 0.4) is 0 Å². The first-order valence-electron chi connectivity index (χ1n) is 9.79. The summed E-state index contributed by atoms with van der Waals surface area (Å²) in [6.45, 7) is 1.02. The van der Waals surface area contributed by atoms with Crippen LogP contribution in [0.2, 0.25) is 5.02 Å². The Morgan fingerprint density at radius 1 is 1.07 bits per heavy atom. The number of fused-ring (bicyclic) bond motifs is 1. The number of nitrogens with zero attached hydrogens (tertiary/aromatic N) is 2. The summed E-state index contributed by atoms with van der Waals surface area (Å²) in [5.74, 6) is 1.13. The predicted molar refractivity (Wildman–Crippen MR) is 117 cm³/mol. The van der Waals surface area contributed by atoms with Gasteiger partial charge in [-0.05, 0) is 41.8 Å². The lowest BCUT2D eigenvalue weighted by molar-refractivity contribution is -0.153. The fourth-order valence-corrected chi connectivity index (χ4v) is 4.92. The van der Waals surface area contributed by atoms with Crippen molar-refractivity contribution < 1.29 is 14.4 Å². The SMILES string of the molecule is O=C(NCCc1ccc(Cl)cc1)c1ccc(CN2CC(=O)N3CSCC3C2=O)cc1. The molecule has 156 valence electrons. The van der Waals surface area contributed by atoms with Gasteiger partial charge in [-0.1, -0.05) is 35.9 Å². The van der Waals surface area contributed by atoms with Gasteiger partial charge in [0.15, 0.2) is 0 Å². The molecule has 2 aromatic rings. The molecular formula is C22H22ClN3O3S. The van der Waals surface area contributed by atoms with E-state index >= 15 is 0 Å². The third-order valence-corrected chi connectivity index (χ3v) is 6.59. The average molecular weight is 444 g/mol. The largest absolute Gasteiger partial charge is 0.352 e. The molecule has 2 aromatic carbocycles. The van der Waals surface area contributed by atoms with E-state index < -0.39 is 0 Å². The second-order valence-electron chi connectivity index (χ2n) is 7.40. The van der Waals surface area contributed by atoms with Crippen molar-refractivity contribution in [2.45, 2.75) is 19.0 Å². The number of carbonyl (C=O) groups excluding carboxylic acids is 3.